The Bertz CT molecular complexity index is 415. The highest BCUT2D eigenvalue weighted by molar-refractivity contribution is 5.89. The molecule has 1 unspecified atom stereocenters. The molecule has 4 nitrogen and oxygen atoms in total. The van der Waals surface area contributed by atoms with Crippen molar-refractivity contribution < 1.29 is 9.59 Å². The van der Waals surface area contributed by atoms with E-state index in [1.54, 1.807) is 0 Å². The lowest BCUT2D eigenvalue weighted by molar-refractivity contribution is -0.129. The summed E-state index contributed by atoms with van der Waals surface area (Å²) in [6.45, 7) is 6.25. The molecule has 2 aliphatic rings. The van der Waals surface area contributed by atoms with E-state index in [-0.39, 0.29) is 17.7 Å². The van der Waals surface area contributed by atoms with Crippen molar-refractivity contribution in [3.63, 3.8) is 0 Å². The number of hydrogen-bond donors (Lipinski definition) is 1. The zero-order valence-electron chi connectivity index (χ0n) is 13.4. The van der Waals surface area contributed by atoms with E-state index in [9.17, 15) is 9.59 Å². The molecule has 0 saturated carbocycles. The molecule has 0 bridgehead atoms. The first-order valence-electron chi connectivity index (χ1n) is 8.29. The highest BCUT2D eigenvalue weighted by atomic mass is 16.2. The number of rotatable bonds is 6. The predicted octanol–water partition coefficient (Wildman–Crippen LogP) is 2.50. The second-order valence-corrected chi connectivity index (χ2v) is 6.74. The van der Waals surface area contributed by atoms with Crippen LogP contribution in [0.25, 0.3) is 0 Å². The highest BCUT2D eigenvalue weighted by Crippen LogP contribution is 2.21. The molecule has 118 valence electrons. The number of allylic oxidation sites excluding steroid dienone is 1. The maximum absolute atomic E-state index is 12.2. The summed E-state index contributed by atoms with van der Waals surface area (Å²) < 4.78 is 0. The average Bonchev–Trinajstić information content (AvgIpc) is 2.80. The van der Waals surface area contributed by atoms with Crippen LogP contribution >= 0.6 is 0 Å². The van der Waals surface area contributed by atoms with Crippen LogP contribution in [0.4, 0.5) is 0 Å². The first kappa shape index (κ1) is 16.1. The normalized spacial score (nSPS) is 22.6. The molecule has 1 aliphatic carbocycles. The van der Waals surface area contributed by atoms with Gasteiger partial charge in [-0.2, -0.15) is 0 Å². The minimum atomic E-state index is -0.156. The third-order valence-corrected chi connectivity index (χ3v) is 4.30. The monoisotopic (exact) mass is 292 g/mol. The van der Waals surface area contributed by atoms with Gasteiger partial charge in [0.25, 0.3) is 0 Å². The highest BCUT2D eigenvalue weighted by Gasteiger charge is 2.34. The fourth-order valence-electron chi connectivity index (χ4n) is 3.19. The van der Waals surface area contributed by atoms with E-state index in [0.29, 0.717) is 25.4 Å². The second kappa shape index (κ2) is 7.62. The van der Waals surface area contributed by atoms with Gasteiger partial charge in [-0.25, -0.2) is 0 Å². The third-order valence-electron chi connectivity index (χ3n) is 4.30. The molecule has 0 radical (unpaired) electrons. The van der Waals surface area contributed by atoms with Crippen LogP contribution in [0, 0.1) is 11.8 Å². The first-order valence-corrected chi connectivity index (χ1v) is 8.29. The zero-order valence-corrected chi connectivity index (χ0v) is 13.4. The minimum Gasteiger partial charge on any atom is -0.355 e. The number of carbonyl (C=O) groups excluding carboxylic acids is 2. The Hall–Kier alpha value is -1.32. The lowest BCUT2D eigenvalue weighted by atomic mass is 9.97. The molecule has 0 spiro atoms. The molecule has 2 rings (SSSR count). The topological polar surface area (TPSA) is 49.4 Å². The van der Waals surface area contributed by atoms with E-state index in [1.165, 1.54) is 31.3 Å². The third kappa shape index (κ3) is 4.87. The number of likely N-dealkylation sites (tertiary alicyclic amines) is 1. The van der Waals surface area contributed by atoms with E-state index in [4.69, 9.17) is 0 Å². The molecular formula is C17H28N2O2. The van der Waals surface area contributed by atoms with Crippen molar-refractivity contribution >= 4 is 11.8 Å². The van der Waals surface area contributed by atoms with Crippen LogP contribution in [0.5, 0.6) is 0 Å². The fraction of sp³-hybridized carbons (Fsp3) is 0.765. The Morgan fingerprint density at radius 2 is 2.24 bits per heavy atom. The van der Waals surface area contributed by atoms with Crippen molar-refractivity contribution in [2.24, 2.45) is 11.8 Å². The van der Waals surface area contributed by atoms with E-state index in [2.05, 4.69) is 25.2 Å². The van der Waals surface area contributed by atoms with Crippen molar-refractivity contribution in [2.45, 2.75) is 52.4 Å². The van der Waals surface area contributed by atoms with Gasteiger partial charge in [-0.1, -0.05) is 25.5 Å². The molecule has 4 heteroatoms. The summed E-state index contributed by atoms with van der Waals surface area (Å²) in [5.41, 5.74) is 1.48. The molecule has 1 fully saturated rings. The Kier molecular flexibility index (Phi) is 5.83. The average molecular weight is 292 g/mol. The van der Waals surface area contributed by atoms with Gasteiger partial charge in [0.05, 0.1) is 5.92 Å². The van der Waals surface area contributed by atoms with Crippen LogP contribution in [0.1, 0.15) is 52.4 Å². The Balaban J connectivity index is 1.71. The molecule has 1 aliphatic heterocycles. The summed E-state index contributed by atoms with van der Waals surface area (Å²) in [6, 6.07) is 0. The van der Waals surface area contributed by atoms with Gasteiger partial charge < -0.3 is 10.2 Å². The SMILES string of the molecule is CC(C)CN1CC(C(=O)NCCC2=CCCCC2)CC1=O. The van der Waals surface area contributed by atoms with Crippen LogP contribution < -0.4 is 5.32 Å². The largest absolute Gasteiger partial charge is 0.355 e. The van der Waals surface area contributed by atoms with E-state index < -0.39 is 0 Å². The smallest absolute Gasteiger partial charge is 0.225 e. The Morgan fingerprint density at radius 3 is 2.90 bits per heavy atom. The van der Waals surface area contributed by atoms with Gasteiger partial charge in [-0.15, -0.1) is 0 Å². The lowest BCUT2D eigenvalue weighted by Crippen LogP contribution is -2.34. The van der Waals surface area contributed by atoms with E-state index in [1.807, 2.05) is 4.90 Å². The zero-order chi connectivity index (χ0) is 15.2. The number of carbonyl (C=O) groups is 2. The van der Waals surface area contributed by atoms with E-state index >= 15 is 0 Å². The van der Waals surface area contributed by atoms with Crippen LogP contribution in [-0.4, -0.2) is 36.3 Å². The van der Waals surface area contributed by atoms with Crippen molar-refractivity contribution in [3.05, 3.63) is 11.6 Å². The van der Waals surface area contributed by atoms with Crippen LogP contribution in [0.2, 0.25) is 0 Å². The molecule has 1 atom stereocenters. The summed E-state index contributed by atoms with van der Waals surface area (Å²) in [7, 11) is 0. The van der Waals surface area contributed by atoms with Crippen molar-refractivity contribution in [1.82, 2.24) is 10.2 Å². The van der Waals surface area contributed by atoms with Gasteiger partial charge in [0.2, 0.25) is 11.8 Å². The summed E-state index contributed by atoms with van der Waals surface area (Å²) in [6.07, 6.45) is 8.60. The van der Waals surface area contributed by atoms with Gasteiger partial charge in [0, 0.05) is 26.1 Å². The maximum Gasteiger partial charge on any atom is 0.225 e. The molecule has 1 heterocycles. The number of nitrogens with one attached hydrogen (secondary N) is 1. The Morgan fingerprint density at radius 1 is 1.43 bits per heavy atom. The molecule has 1 saturated heterocycles. The number of amides is 2. The van der Waals surface area contributed by atoms with Gasteiger partial charge >= 0.3 is 0 Å². The van der Waals surface area contributed by atoms with E-state index in [0.717, 1.165) is 13.0 Å². The van der Waals surface area contributed by atoms with Crippen molar-refractivity contribution in [2.75, 3.05) is 19.6 Å². The van der Waals surface area contributed by atoms with Gasteiger partial charge in [-0.05, 0) is 38.0 Å². The first-order chi connectivity index (χ1) is 10.1. The Labute approximate surface area is 128 Å². The van der Waals surface area contributed by atoms with Crippen LogP contribution in [0.15, 0.2) is 11.6 Å². The summed E-state index contributed by atoms with van der Waals surface area (Å²) in [5, 5.41) is 3.01. The molecule has 0 aromatic carbocycles. The summed E-state index contributed by atoms with van der Waals surface area (Å²) in [5.74, 6) is 0.468. The standard InChI is InChI=1S/C17H28N2O2/c1-13(2)11-19-12-15(10-16(19)20)17(21)18-9-8-14-6-4-3-5-7-14/h6,13,15H,3-5,7-12H2,1-2H3,(H,18,21). The summed E-state index contributed by atoms with van der Waals surface area (Å²) in [4.78, 5) is 25.9. The molecule has 0 aromatic heterocycles. The second-order valence-electron chi connectivity index (χ2n) is 6.74. The minimum absolute atomic E-state index is 0.0472. The molecule has 2 amide bonds. The van der Waals surface area contributed by atoms with Crippen molar-refractivity contribution in [3.8, 4) is 0 Å². The quantitative estimate of drug-likeness (QED) is 0.765. The molecule has 21 heavy (non-hydrogen) atoms. The maximum atomic E-state index is 12.2. The molecule has 0 aromatic rings. The number of hydrogen-bond acceptors (Lipinski definition) is 2. The van der Waals surface area contributed by atoms with Crippen molar-refractivity contribution in [1.29, 1.82) is 0 Å². The van der Waals surface area contributed by atoms with Crippen LogP contribution in [-0.2, 0) is 9.59 Å². The molecule has 1 N–H and O–H groups in total. The lowest BCUT2D eigenvalue weighted by Gasteiger charge is -2.19. The molecular weight excluding hydrogens is 264 g/mol. The number of nitrogens with zero attached hydrogens (tertiary/aromatic N) is 1. The van der Waals surface area contributed by atoms with Gasteiger partial charge in [0.1, 0.15) is 0 Å². The van der Waals surface area contributed by atoms with Crippen LogP contribution in [0.3, 0.4) is 0 Å². The van der Waals surface area contributed by atoms with Gasteiger partial charge in [0.15, 0.2) is 0 Å². The van der Waals surface area contributed by atoms with Gasteiger partial charge in [-0.3, -0.25) is 9.59 Å². The summed E-state index contributed by atoms with van der Waals surface area (Å²) >= 11 is 0. The predicted molar refractivity (Wildman–Crippen MR) is 83.7 cm³/mol. The fourth-order valence-corrected chi connectivity index (χ4v) is 3.19.